The van der Waals surface area contributed by atoms with Crippen LogP contribution in [0.3, 0.4) is 0 Å². The summed E-state index contributed by atoms with van der Waals surface area (Å²) in [5.41, 5.74) is 0. The molecule has 0 aliphatic heterocycles. The fraction of sp³-hybridized carbons (Fsp3) is 0.917. The maximum absolute atomic E-state index is 12.6. The van der Waals surface area contributed by atoms with Crippen LogP contribution in [0.4, 0.5) is 13.2 Å². The number of carbonyl (C=O) groups is 1. The highest BCUT2D eigenvalue weighted by molar-refractivity contribution is 5.69. The molecule has 0 bridgehead atoms. The van der Waals surface area contributed by atoms with Crippen LogP contribution in [0.1, 0.15) is 34.1 Å². The van der Waals surface area contributed by atoms with Gasteiger partial charge in [-0.15, -0.1) is 0 Å². The first-order valence-electron chi connectivity index (χ1n) is 5.96. The molecule has 108 valence electrons. The molecule has 0 fully saturated rings. The van der Waals surface area contributed by atoms with Crippen molar-refractivity contribution in [3.05, 3.63) is 0 Å². The van der Waals surface area contributed by atoms with E-state index in [2.05, 4.69) is 4.74 Å². The summed E-state index contributed by atoms with van der Waals surface area (Å²) in [6, 6.07) is 0. The van der Waals surface area contributed by atoms with Gasteiger partial charge < -0.3 is 9.47 Å². The van der Waals surface area contributed by atoms with Crippen molar-refractivity contribution < 1.29 is 27.4 Å². The number of hydrogen-bond donors (Lipinski definition) is 0. The minimum atomic E-state index is -4.59. The molecule has 0 aliphatic rings. The smallest absolute Gasteiger partial charge is 0.427 e. The first-order valence-corrected chi connectivity index (χ1v) is 5.96. The lowest BCUT2D eigenvalue weighted by molar-refractivity contribution is -0.233. The van der Waals surface area contributed by atoms with E-state index >= 15 is 0 Å². The summed E-state index contributed by atoms with van der Waals surface area (Å²) in [6.07, 6.45) is -6.80. The van der Waals surface area contributed by atoms with Crippen molar-refractivity contribution in [2.45, 2.75) is 46.4 Å². The molecular formula is C12H21F3O3. The van der Waals surface area contributed by atoms with Crippen LogP contribution in [-0.4, -0.2) is 31.5 Å². The van der Waals surface area contributed by atoms with Crippen molar-refractivity contribution in [3.63, 3.8) is 0 Å². The molecular weight excluding hydrogens is 249 g/mol. The first kappa shape index (κ1) is 17.2. The Bertz CT molecular complexity index is 249. The highest BCUT2D eigenvalue weighted by Gasteiger charge is 2.43. The summed E-state index contributed by atoms with van der Waals surface area (Å²) < 4.78 is 47.1. The zero-order chi connectivity index (χ0) is 14.3. The van der Waals surface area contributed by atoms with Gasteiger partial charge in [0.15, 0.2) is 0 Å². The van der Waals surface area contributed by atoms with Crippen LogP contribution in [0.25, 0.3) is 0 Å². The highest BCUT2D eigenvalue weighted by atomic mass is 19.4. The van der Waals surface area contributed by atoms with E-state index < -0.39 is 24.9 Å². The van der Waals surface area contributed by atoms with Gasteiger partial charge in [-0.2, -0.15) is 13.2 Å². The van der Waals surface area contributed by atoms with E-state index in [1.165, 1.54) is 0 Å². The van der Waals surface area contributed by atoms with Gasteiger partial charge in [-0.3, -0.25) is 4.79 Å². The monoisotopic (exact) mass is 270 g/mol. The molecule has 0 heterocycles. The highest BCUT2D eigenvalue weighted by Crippen LogP contribution is 2.24. The van der Waals surface area contributed by atoms with Crippen molar-refractivity contribution in [1.29, 1.82) is 0 Å². The third-order valence-corrected chi connectivity index (χ3v) is 1.93. The third-order valence-electron chi connectivity index (χ3n) is 1.93. The second-order valence-corrected chi connectivity index (χ2v) is 5.05. The Morgan fingerprint density at radius 1 is 1.06 bits per heavy atom. The standard InChI is InChI=1S/C12H21F3O3/c1-8(2)5-11(16)18-10(12(13,14)15)7-17-6-9(3)4/h8-10H,5-7H2,1-4H3. The Kier molecular flexibility index (Phi) is 7.28. The molecule has 0 N–H and O–H groups in total. The van der Waals surface area contributed by atoms with Gasteiger partial charge in [0.1, 0.15) is 0 Å². The Morgan fingerprint density at radius 2 is 1.61 bits per heavy atom. The maximum Gasteiger partial charge on any atom is 0.427 e. The van der Waals surface area contributed by atoms with Gasteiger partial charge in [0, 0.05) is 13.0 Å². The number of alkyl halides is 3. The summed E-state index contributed by atoms with van der Waals surface area (Å²) in [6.45, 7) is 6.68. The SMILES string of the molecule is CC(C)COCC(OC(=O)CC(C)C)C(F)(F)F. The van der Waals surface area contributed by atoms with Gasteiger partial charge in [-0.05, 0) is 11.8 Å². The lowest BCUT2D eigenvalue weighted by Gasteiger charge is -2.21. The molecule has 3 nitrogen and oxygen atoms in total. The predicted octanol–water partition coefficient (Wildman–Crippen LogP) is 3.18. The molecule has 0 aliphatic carbocycles. The van der Waals surface area contributed by atoms with Gasteiger partial charge >= 0.3 is 12.1 Å². The summed E-state index contributed by atoms with van der Waals surface area (Å²) in [4.78, 5) is 11.2. The fourth-order valence-electron chi connectivity index (χ4n) is 1.15. The molecule has 0 saturated heterocycles. The van der Waals surface area contributed by atoms with E-state index in [0.29, 0.717) is 0 Å². The molecule has 0 saturated carbocycles. The quantitative estimate of drug-likeness (QED) is 0.666. The van der Waals surface area contributed by atoms with Gasteiger partial charge in [-0.1, -0.05) is 27.7 Å². The van der Waals surface area contributed by atoms with Crippen LogP contribution < -0.4 is 0 Å². The van der Waals surface area contributed by atoms with E-state index in [-0.39, 0.29) is 24.9 Å². The van der Waals surface area contributed by atoms with Crippen molar-refractivity contribution in [1.82, 2.24) is 0 Å². The minimum absolute atomic E-state index is 0.0310. The maximum atomic E-state index is 12.6. The number of carbonyl (C=O) groups excluding carboxylic acids is 1. The minimum Gasteiger partial charge on any atom is -0.450 e. The van der Waals surface area contributed by atoms with Crippen LogP contribution >= 0.6 is 0 Å². The zero-order valence-corrected chi connectivity index (χ0v) is 11.2. The van der Waals surface area contributed by atoms with Crippen LogP contribution in [0.15, 0.2) is 0 Å². The van der Waals surface area contributed by atoms with Crippen LogP contribution in [0.5, 0.6) is 0 Å². The second kappa shape index (κ2) is 7.61. The zero-order valence-electron chi connectivity index (χ0n) is 11.2. The van der Waals surface area contributed by atoms with Crippen LogP contribution in [-0.2, 0) is 14.3 Å². The van der Waals surface area contributed by atoms with Crippen molar-refractivity contribution in [2.75, 3.05) is 13.2 Å². The van der Waals surface area contributed by atoms with Crippen LogP contribution in [0, 0.1) is 11.8 Å². The predicted molar refractivity (Wildman–Crippen MR) is 61.0 cm³/mol. The number of ether oxygens (including phenoxy) is 2. The largest absolute Gasteiger partial charge is 0.450 e. The lowest BCUT2D eigenvalue weighted by atomic mass is 10.1. The first-order chi connectivity index (χ1) is 8.12. The normalized spacial score (nSPS) is 14.1. The molecule has 0 radical (unpaired) electrons. The van der Waals surface area contributed by atoms with E-state index in [0.717, 1.165) is 0 Å². The van der Waals surface area contributed by atoms with E-state index in [9.17, 15) is 18.0 Å². The third kappa shape index (κ3) is 8.33. The van der Waals surface area contributed by atoms with E-state index in [1.54, 1.807) is 13.8 Å². The molecule has 0 aromatic heterocycles. The Morgan fingerprint density at radius 3 is 2.00 bits per heavy atom. The number of esters is 1. The Hall–Kier alpha value is -0.780. The summed E-state index contributed by atoms with van der Waals surface area (Å²) in [5, 5.41) is 0. The number of rotatable bonds is 7. The molecule has 1 unspecified atom stereocenters. The number of hydrogen-bond acceptors (Lipinski definition) is 3. The molecule has 0 amide bonds. The molecule has 0 aromatic rings. The summed E-state index contributed by atoms with van der Waals surface area (Å²) >= 11 is 0. The molecule has 0 rings (SSSR count). The van der Waals surface area contributed by atoms with Gasteiger partial charge in [0.05, 0.1) is 6.61 Å². The second-order valence-electron chi connectivity index (χ2n) is 5.05. The van der Waals surface area contributed by atoms with Gasteiger partial charge in [-0.25, -0.2) is 0 Å². The summed E-state index contributed by atoms with van der Waals surface area (Å²) in [5.74, 6) is -0.756. The lowest BCUT2D eigenvalue weighted by Crippen LogP contribution is -2.38. The van der Waals surface area contributed by atoms with Crippen molar-refractivity contribution in [3.8, 4) is 0 Å². The Balaban J connectivity index is 4.28. The average Bonchev–Trinajstić information content (AvgIpc) is 2.12. The van der Waals surface area contributed by atoms with Gasteiger partial charge in [0.25, 0.3) is 0 Å². The average molecular weight is 270 g/mol. The summed E-state index contributed by atoms with van der Waals surface area (Å²) in [7, 11) is 0. The van der Waals surface area contributed by atoms with E-state index in [1.807, 2.05) is 13.8 Å². The van der Waals surface area contributed by atoms with Crippen molar-refractivity contribution >= 4 is 5.97 Å². The molecule has 18 heavy (non-hydrogen) atoms. The van der Waals surface area contributed by atoms with Crippen LogP contribution in [0.2, 0.25) is 0 Å². The van der Waals surface area contributed by atoms with Crippen molar-refractivity contribution in [2.24, 2.45) is 11.8 Å². The van der Waals surface area contributed by atoms with Gasteiger partial charge in [0.2, 0.25) is 6.10 Å². The molecule has 0 aromatic carbocycles. The molecule has 0 spiro atoms. The number of halogens is 3. The fourth-order valence-corrected chi connectivity index (χ4v) is 1.15. The Labute approximate surface area is 106 Å². The van der Waals surface area contributed by atoms with E-state index in [4.69, 9.17) is 4.74 Å². The molecule has 1 atom stereocenters. The molecule has 6 heteroatoms. The topological polar surface area (TPSA) is 35.5 Å².